The first kappa shape index (κ1) is 27.5. The van der Waals surface area contributed by atoms with E-state index in [0.29, 0.717) is 29.7 Å². The highest BCUT2D eigenvalue weighted by Crippen LogP contribution is 2.35. The Labute approximate surface area is 229 Å². The average Bonchev–Trinajstić information content (AvgIpc) is 3.10. The molecule has 1 N–H and O–H groups in total. The van der Waals surface area contributed by atoms with E-state index in [1.54, 1.807) is 18.2 Å². The molecule has 4 rings (SSSR count). The van der Waals surface area contributed by atoms with Crippen LogP contribution in [0.25, 0.3) is 6.08 Å². The molecule has 0 aliphatic carbocycles. The smallest absolute Gasteiger partial charge is 0.416 e. The minimum absolute atomic E-state index is 0.0837. The van der Waals surface area contributed by atoms with Gasteiger partial charge in [-0.05, 0) is 66.7 Å². The Kier molecular flexibility index (Phi) is 8.27. The Morgan fingerprint density at radius 1 is 1.08 bits per heavy atom. The maximum atomic E-state index is 12.9. The number of halogens is 4. The molecule has 0 radical (unpaired) electrons. The van der Waals surface area contributed by atoms with Gasteiger partial charge in [-0.1, -0.05) is 51.8 Å². The molecule has 11 heteroatoms. The molecule has 1 aliphatic rings. The van der Waals surface area contributed by atoms with Crippen molar-refractivity contribution in [2.75, 3.05) is 11.9 Å². The third-order valence-electron chi connectivity index (χ3n) is 5.38. The monoisotopic (exact) mass is 604 g/mol. The van der Waals surface area contributed by atoms with Crippen LogP contribution in [0.5, 0.6) is 5.75 Å². The van der Waals surface area contributed by atoms with Crippen molar-refractivity contribution in [2.24, 2.45) is 0 Å². The number of amides is 3. The zero-order valence-corrected chi connectivity index (χ0v) is 22.2. The van der Waals surface area contributed by atoms with Gasteiger partial charge < -0.3 is 10.1 Å². The van der Waals surface area contributed by atoms with Gasteiger partial charge in [-0.15, -0.1) is 0 Å². The standard InChI is InChI=1S/C27H20BrF3N2O4S/c1-16-4-2-5-17(10-16)15-37-22-9-8-20(28)11-18(22)12-23-25(35)33(26(36)38-23)14-24(34)32-21-7-3-6-19(13-21)27(29,30)31/h2-13H,14-15H2,1H3,(H,32,34)/b23-12-. The van der Waals surface area contributed by atoms with Gasteiger partial charge in [-0.3, -0.25) is 19.3 Å². The number of ether oxygens (including phenoxy) is 1. The lowest BCUT2D eigenvalue weighted by atomic mass is 10.1. The van der Waals surface area contributed by atoms with Crippen LogP contribution in [-0.2, 0) is 22.4 Å². The van der Waals surface area contributed by atoms with E-state index in [9.17, 15) is 27.6 Å². The number of carbonyl (C=O) groups is 3. The van der Waals surface area contributed by atoms with Crippen molar-refractivity contribution >= 4 is 56.5 Å². The number of aryl methyl sites for hydroxylation is 1. The molecule has 3 amide bonds. The molecule has 0 atom stereocenters. The number of anilines is 1. The molecule has 0 unspecified atom stereocenters. The van der Waals surface area contributed by atoms with Gasteiger partial charge in [0.25, 0.3) is 11.1 Å². The van der Waals surface area contributed by atoms with Gasteiger partial charge in [0, 0.05) is 15.7 Å². The molecule has 1 heterocycles. The number of rotatable bonds is 7. The fraction of sp³-hybridized carbons (Fsp3) is 0.148. The van der Waals surface area contributed by atoms with Crippen LogP contribution in [0, 0.1) is 6.92 Å². The number of imide groups is 1. The normalized spacial score (nSPS) is 14.8. The first-order valence-electron chi connectivity index (χ1n) is 11.2. The zero-order chi connectivity index (χ0) is 27.4. The van der Waals surface area contributed by atoms with E-state index in [2.05, 4.69) is 21.2 Å². The van der Waals surface area contributed by atoms with Gasteiger partial charge in [-0.2, -0.15) is 13.2 Å². The lowest BCUT2D eigenvalue weighted by molar-refractivity contribution is -0.137. The molecule has 0 saturated carbocycles. The highest BCUT2D eigenvalue weighted by Gasteiger charge is 2.36. The molecule has 0 bridgehead atoms. The maximum Gasteiger partial charge on any atom is 0.416 e. The summed E-state index contributed by atoms with van der Waals surface area (Å²) in [6, 6.07) is 17.2. The summed E-state index contributed by atoms with van der Waals surface area (Å²) >= 11 is 4.06. The molecular weight excluding hydrogens is 585 g/mol. The number of hydrogen-bond acceptors (Lipinski definition) is 5. The molecule has 0 spiro atoms. The molecular formula is C27H20BrF3N2O4S. The number of thioether (sulfide) groups is 1. The summed E-state index contributed by atoms with van der Waals surface area (Å²) < 4.78 is 45.5. The number of hydrogen-bond donors (Lipinski definition) is 1. The molecule has 1 aliphatic heterocycles. The van der Waals surface area contributed by atoms with E-state index in [-0.39, 0.29) is 10.6 Å². The van der Waals surface area contributed by atoms with Crippen molar-refractivity contribution in [3.05, 3.63) is 98.4 Å². The maximum absolute atomic E-state index is 12.9. The zero-order valence-electron chi connectivity index (χ0n) is 19.8. The molecule has 1 saturated heterocycles. The average molecular weight is 605 g/mol. The summed E-state index contributed by atoms with van der Waals surface area (Å²) in [5, 5.41) is 1.63. The van der Waals surface area contributed by atoms with Crippen LogP contribution >= 0.6 is 27.7 Å². The Hall–Kier alpha value is -3.57. The number of benzene rings is 3. The summed E-state index contributed by atoms with van der Waals surface area (Å²) in [5.74, 6) is -1.01. The van der Waals surface area contributed by atoms with Crippen LogP contribution in [0.1, 0.15) is 22.3 Å². The number of carbonyl (C=O) groups excluding carboxylic acids is 3. The second-order valence-electron chi connectivity index (χ2n) is 8.35. The first-order chi connectivity index (χ1) is 18.0. The van der Waals surface area contributed by atoms with Gasteiger partial charge >= 0.3 is 6.18 Å². The Morgan fingerprint density at radius 2 is 1.84 bits per heavy atom. The largest absolute Gasteiger partial charge is 0.488 e. The Morgan fingerprint density at radius 3 is 2.58 bits per heavy atom. The number of nitrogens with zero attached hydrogens (tertiary/aromatic N) is 1. The second kappa shape index (κ2) is 11.4. The van der Waals surface area contributed by atoms with Gasteiger partial charge in [0.2, 0.25) is 5.91 Å². The molecule has 3 aromatic rings. The van der Waals surface area contributed by atoms with Crippen molar-refractivity contribution in [1.29, 1.82) is 0 Å². The van der Waals surface area contributed by atoms with E-state index < -0.39 is 35.3 Å². The van der Waals surface area contributed by atoms with E-state index >= 15 is 0 Å². The SMILES string of the molecule is Cc1cccc(COc2ccc(Br)cc2/C=C2\SC(=O)N(CC(=O)Nc3cccc(C(F)(F)F)c3)C2=O)c1. The highest BCUT2D eigenvalue weighted by molar-refractivity contribution is 9.10. The third-order valence-corrected chi connectivity index (χ3v) is 6.78. The lowest BCUT2D eigenvalue weighted by Crippen LogP contribution is -2.36. The molecule has 1 fully saturated rings. The molecule has 0 aromatic heterocycles. The van der Waals surface area contributed by atoms with Crippen molar-refractivity contribution in [1.82, 2.24) is 4.90 Å². The quantitative estimate of drug-likeness (QED) is 0.293. The predicted octanol–water partition coefficient (Wildman–Crippen LogP) is 7.03. The summed E-state index contributed by atoms with van der Waals surface area (Å²) in [7, 11) is 0. The van der Waals surface area contributed by atoms with E-state index in [1.807, 2.05) is 31.2 Å². The topological polar surface area (TPSA) is 75.7 Å². The molecule has 3 aromatic carbocycles. The Balaban J connectivity index is 1.47. The highest BCUT2D eigenvalue weighted by atomic mass is 79.9. The number of alkyl halides is 3. The van der Waals surface area contributed by atoms with Crippen LogP contribution < -0.4 is 10.1 Å². The van der Waals surface area contributed by atoms with Gasteiger partial charge in [0.15, 0.2) is 0 Å². The fourth-order valence-corrected chi connectivity index (χ4v) is 4.83. The lowest BCUT2D eigenvalue weighted by Gasteiger charge is -2.14. The summed E-state index contributed by atoms with van der Waals surface area (Å²) in [6.45, 7) is 1.62. The van der Waals surface area contributed by atoms with Crippen molar-refractivity contribution in [3.63, 3.8) is 0 Å². The van der Waals surface area contributed by atoms with Crippen LogP contribution in [0.2, 0.25) is 0 Å². The van der Waals surface area contributed by atoms with Crippen LogP contribution in [0.4, 0.5) is 23.7 Å². The van der Waals surface area contributed by atoms with Crippen molar-refractivity contribution in [2.45, 2.75) is 19.7 Å². The van der Waals surface area contributed by atoms with Crippen molar-refractivity contribution in [3.8, 4) is 5.75 Å². The van der Waals surface area contributed by atoms with E-state index in [1.165, 1.54) is 12.1 Å². The minimum atomic E-state index is -4.58. The summed E-state index contributed by atoms with van der Waals surface area (Å²) in [5.41, 5.74) is 1.57. The predicted molar refractivity (Wildman–Crippen MR) is 142 cm³/mol. The Bertz CT molecular complexity index is 1440. The second-order valence-corrected chi connectivity index (χ2v) is 10.3. The van der Waals surface area contributed by atoms with E-state index in [0.717, 1.165) is 38.7 Å². The molecule has 6 nitrogen and oxygen atoms in total. The summed E-state index contributed by atoms with van der Waals surface area (Å²) in [6.07, 6.45) is -3.07. The third kappa shape index (κ3) is 6.84. The van der Waals surface area contributed by atoms with Crippen molar-refractivity contribution < 1.29 is 32.3 Å². The van der Waals surface area contributed by atoms with Crippen LogP contribution in [0.3, 0.4) is 0 Å². The van der Waals surface area contributed by atoms with Crippen LogP contribution in [0.15, 0.2) is 76.1 Å². The fourth-order valence-electron chi connectivity index (χ4n) is 3.62. The molecule has 38 heavy (non-hydrogen) atoms. The molecule has 196 valence electrons. The van der Waals surface area contributed by atoms with Crippen LogP contribution in [-0.4, -0.2) is 28.5 Å². The summed E-state index contributed by atoms with van der Waals surface area (Å²) in [4.78, 5) is 38.7. The van der Waals surface area contributed by atoms with Gasteiger partial charge in [0.05, 0.1) is 10.5 Å². The first-order valence-corrected chi connectivity index (χ1v) is 12.8. The van der Waals surface area contributed by atoms with E-state index in [4.69, 9.17) is 4.74 Å². The van der Waals surface area contributed by atoms with Gasteiger partial charge in [-0.25, -0.2) is 0 Å². The van der Waals surface area contributed by atoms with Gasteiger partial charge in [0.1, 0.15) is 18.9 Å². The minimum Gasteiger partial charge on any atom is -0.488 e. The number of nitrogens with one attached hydrogen (secondary N) is 1.